The molecule has 4 aromatic carbocycles. The van der Waals surface area contributed by atoms with Crippen molar-refractivity contribution < 1.29 is 29.1 Å². The first kappa shape index (κ1) is 30.5. The van der Waals surface area contributed by atoms with Crippen molar-refractivity contribution in [3.05, 3.63) is 113 Å². The molecule has 2 unspecified atom stereocenters. The lowest BCUT2D eigenvalue weighted by molar-refractivity contribution is -0.142. The molecule has 6 rings (SSSR count). The number of aliphatic carboxylic acids is 1. The molecule has 2 aliphatic heterocycles. The molecule has 234 valence electrons. The first-order valence-corrected chi connectivity index (χ1v) is 15.4. The molecule has 2 atom stereocenters. The van der Waals surface area contributed by atoms with Gasteiger partial charge >= 0.3 is 5.97 Å². The zero-order valence-corrected chi connectivity index (χ0v) is 25.1. The van der Waals surface area contributed by atoms with Gasteiger partial charge in [-0.05, 0) is 42.2 Å². The van der Waals surface area contributed by atoms with Crippen LogP contribution in [0.4, 0.5) is 5.69 Å². The molecule has 46 heavy (non-hydrogen) atoms. The lowest BCUT2D eigenvalue weighted by atomic mass is 9.92. The van der Waals surface area contributed by atoms with Gasteiger partial charge < -0.3 is 20.6 Å². The largest absolute Gasteiger partial charge is 0.480 e. The van der Waals surface area contributed by atoms with Gasteiger partial charge in [0.15, 0.2) is 0 Å². The van der Waals surface area contributed by atoms with Crippen LogP contribution in [0.3, 0.4) is 0 Å². The van der Waals surface area contributed by atoms with Crippen LogP contribution in [0.5, 0.6) is 0 Å². The Morgan fingerprint density at radius 1 is 0.696 bits per heavy atom. The average molecular weight is 619 g/mol. The van der Waals surface area contributed by atoms with Crippen LogP contribution in [0.15, 0.2) is 91.0 Å². The molecule has 0 aromatic heterocycles. The van der Waals surface area contributed by atoms with E-state index in [1.807, 2.05) is 24.3 Å². The number of carbonyl (C=O) groups is 5. The van der Waals surface area contributed by atoms with Gasteiger partial charge in [-0.2, -0.15) is 0 Å². The smallest absolute Gasteiger partial charge is 0.326 e. The molecule has 0 bridgehead atoms. The summed E-state index contributed by atoms with van der Waals surface area (Å²) < 4.78 is 0. The van der Waals surface area contributed by atoms with Crippen molar-refractivity contribution in [2.45, 2.75) is 37.8 Å². The first-order chi connectivity index (χ1) is 22.3. The Morgan fingerprint density at radius 3 is 1.89 bits per heavy atom. The normalized spacial score (nSPS) is 15.5. The number of carboxylic acids is 1. The Bertz CT molecular complexity index is 1780. The molecular weight excluding hydrogens is 584 g/mol. The number of amides is 4. The molecule has 0 radical (unpaired) electrons. The maximum Gasteiger partial charge on any atom is 0.326 e. The SMILES string of the molecule is O=C(CN1C(=O)c2cccc3c(N4CCCC4)ccc(c23)C1=O)NC(Cc1ccccc1)C(=O)NC(Cc1ccccc1)C(=O)O. The second kappa shape index (κ2) is 13.2. The van der Waals surface area contributed by atoms with Gasteiger partial charge in [0.05, 0.1) is 0 Å². The summed E-state index contributed by atoms with van der Waals surface area (Å²) in [7, 11) is 0. The van der Waals surface area contributed by atoms with E-state index in [1.54, 1.807) is 66.7 Å². The fourth-order valence-electron chi connectivity index (χ4n) is 6.27. The maximum absolute atomic E-state index is 13.7. The molecular formula is C36H34N4O6. The third-order valence-corrected chi connectivity index (χ3v) is 8.55. The van der Waals surface area contributed by atoms with Gasteiger partial charge in [0, 0.05) is 53.5 Å². The van der Waals surface area contributed by atoms with Crippen LogP contribution in [-0.2, 0) is 27.2 Å². The summed E-state index contributed by atoms with van der Waals surface area (Å²) in [6, 6.07) is 24.4. The highest BCUT2D eigenvalue weighted by Crippen LogP contribution is 2.37. The van der Waals surface area contributed by atoms with Crippen LogP contribution in [0, 0.1) is 0 Å². The van der Waals surface area contributed by atoms with Crippen LogP contribution in [0.2, 0.25) is 0 Å². The Balaban J connectivity index is 1.21. The summed E-state index contributed by atoms with van der Waals surface area (Å²) in [5.41, 5.74) is 3.11. The van der Waals surface area contributed by atoms with Gasteiger partial charge in [0.25, 0.3) is 11.8 Å². The van der Waals surface area contributed by atoms with Crippen molar-refractivity contribution in [2.24, 2.45) is 0 Å². The van der Waals surface area contributed by atoms with Crippen LogP contribution >= 0.6 is 0 Å². The number of rotatable bonds is 11. The highest BCUT2D eigenvalue weighted by atomic mass is 16.4. The van der Waals surface area contributed by atoms with Crippen molar-refractivity contribution in [2.75, 3.05) is 24.5 Å². The van der Waals surface area contributed by atoms with Crippen LogP contribution < -0.4 is 15.5 Å². The van der Waals surface area contributed by atoms with Gasteiger partial charge in [-0.1, -0.05) is 72.8 Å². The van der Waals surface area contributed by atoms with Crippen molar-refractivity contribution in [3.63, 3.8) is 0 Å². The molecule has 2 heterocycles. The van der Waals surface area contributed by atoms with E-state index in [1.165, 1.54) is 0 Å². The minimum absolute atomic E-state index is 0.0507. The summed E-state index contributed by atoms with van der Waals surface area (Å²) in [5, 5.41) is 16.5. The van der Waals surface area contributed by atoms with E-state index in [0.29, 0.717) is 16.5 Å². The predicted molar refractivity (Wildman–Crippen MR) is 173 cm³/mol. The van der Waals surface area contributed by atoms with Crippen LogP contribution in [-0.4, -0.2) is 71.3 Å². The van der Waals surface area contributed by atoms with Crippen LogP contribution in [0.1, 0.15) is 44.7 Å². The van der Waals surface area contributed by atoms with E-state index in [9.17, 15) is 29.1 Å². The first-order valence-electron chi connectivity index (χ1n) is 15.4. The van der Waals surface area contributed by atoms with Gasteiger partial charge in [0.2, 0.25) is 11.8 Å². The zero-order chi connectivity index (χ0) is 32.2. The van der Waals surface area contributed by atoms with Gasteiger partial charge in [0.1, 0.15) is 18.6 Å². The predicted octanol–water partition coefficient (Wildman–Crippen LogP) is 3.58. The molecule has 10 heteroatoms. The number of carboxylic acid groups (broad SMARTS) is 1. The highest BCUT2D eigenvalue weighted by molar-refractivity contribution is 6.27. The van der Waals surface area contributed by atoms with Crippen molar-refractivity contribution in [1.29, 1.82) is 0 Å². The van der Waals surface area contributed by atoms with E-state index in [2.05, 4.69) is 15.5 Å². The minimum Gasteiger partial charge on any atom is -0.480 e. The molecule has 4 aromatic rings. The molecule has 10 nitrogen and oxygen atoms in total. The Kier molecular flexibility index (Phi) is 8.78. The van der Waals surface area contributed by atoms with E-state index in [-0.39, 0.29) is 12.8 Å². The molecule has 3 N–H and O–H groups in total. The average Bonchev–Trinajstić information content (AvgIpc) is 3.60. The number of nitrogens with zero attached hydrogens (tertiary/aromatic N) is 2. The molecule has 0 saturated carbocycles. The topological polar surface area (TPSA) is 136 Å². The fraction of sp³-hybridized carbons (Fsp3) is 0.250. The second-order valence-corrected chi connectivity index (χ2v) is 11.6. The zero-order valence-electron chi connectivity index (χ0n) is 25.1. The van der Waals surface area contributed by atoms with Crippen LogP contribution in [0.25, 0.3) is 10.8 Å². The summed E-state index contributed by atoms with van der Waals surface area (Å²) in [4.78, 5) is 69.5. The van der Waals surface area contributed by atoms with Gasteiger partial charge in [-0.25, -0.2) is 4.79 Å². The van der Waals surface area contributed by atoms with Crippen molar-refractivity contribution in [3.8, 4) is 0 Å². The molecule has 1 fully saturated rings. The number of anilines is 1. The second-order valence-electron chi connectivity index (χ2n) is 11.6. The third kappa shape index (κ3) is 6.32. The third-order valence-electron chi connectivity index (χ3n) is 8.55. The monoisotopic (exact) mass is 618 g/mol. The lowest BCUT2D eigenvalue weighted by Crippen LogP contribution is -2.55. The van der Waals surface area contributed by atoms with E-state index < -0.39 is 48.2 Å². The minimum atomic E-state index is -1.24. The molecule has 2 aliphatic rings. The maximum atomic E-state index is 13.7. The van der Waals surface area contributed by atoms with Gasteiger partial charge in [-0.15, -0.1) is 0 Å². The van der Waals surface area contributed by atoms with Crippen molar-refractivity contribution >= 4 is 46.1 Å². The highest BCUT2D eigenvalue weighted by Gasteiger charge is 2.36. The quantitative estimate of drug-likeness (QED) is 0.219. The number of carbonyl (C=O) groups excluding carboxylic acids is 4. The Hall–Kier alpha value is -5.51. The summed E-state index contributed by atoms with van der Waals surface area (Å²) >= 11 is 0. The van der Waals surface area contributed by atoms with Gasteiger partial charge in [-0.3, -0.25) is 24.1 Å². The Morgan fingerprint density at radius 2 is 1.28 bits per heavy atom. The van der Waals surface area contributed by atoms with E-state index >= 15 is 0 Å². The summed E-state index contributed by atoms with van der Waals surface area (Å²) in [6.45, 7) is 1.21. The number of hydrogen-bond donors (Lipinski definition) is 3. The molecule has 1 saturated heterocycles. The summed E-state index contributed by atoms with van der Waals surface area (Å²) in [5.74, 6) is -3.81. The van der Waals surface area contributed by atoms with E-state index in [4.69, 9.17) is 0 Å². The Labute approximate surface area is 266 Å². The molecule has 0 spiro atoms. The number of hydrogen-bond acceptors (Lipinski definition) is 6. The summed E-state index contributed by atoms with van der Waals surface area (Å²) in [6.07, 6.45) is 2.28. The van der Waals surface area contributed by atoms with Crippen molar-refractivity contribution in [1.82, 2.24) is 15.5 Å². The lowest BCUT2D eigenvalue weighted by Gasteiger charge is -2.29. The fourth-order valence-corrected chi connectivity index (χ4v) is 6.27. The standard InChI is InChI=1S/C36H34N4O6/c41-31(22-40-34(43)26-15-9-14-25-30(39-18-7-8-19-39)17-16-27(32(25)26)35(40)44)37-28(20-23-10-3-1-4-11-23)33(42)38-29(36(45)46)21-24-12-5-2-6-13-24/h1-6,9-17,28-29H,7-8,18-22H2,(H,37,41)(H,38,42)(H,45,46). The van der Waals surface area contributed by atoms with E-state index in [0.717, 1.165) is 53.0 Å². The number of imide groups is 1. The molecule has 0 aliphatic carbocycles. The number of benzene rings is 4. The number of nitrogens with one attached hydrogen (secondary N) is 2. The molecule has 4 amide bonds.